The van der Waals surface area contributed by atoms with Crippen molar-refractivity contribution in [1.82, 2.24) is 4.57 Å². The topological polar surface area (TPSA) is 54.3 Å². The second-order valence-electron chi connectivity index (χ2n) is 7.09. The lowest BCUT2D eigenvalue weighted by atomic mass is 10.1. The molecule has 0 radical (unpaired) electrons. The Balaban J connectivity index is 1.44. The van der Waals surface area contributed by atoms with E-state index < -0.39 is 5.82 Å². The number of benzene rings is 2. The standard InChI is InChI=1S/C23H22FN3O2/c24-19-16-18(10-11-20(19)27-14-5-9-22(27)28)25-23(29)21-8-4-13-26(21)15-12-17-6-2-1-3-7-17/h1-4,6-8,10-11,13,16H,5,9,12,14-15H2,(H,25,29). The molecule has 0 bridgehead atoms. The Bertz CT molecular complexity index is 1030. The number of halogens is 1. The highest BCUT2D eigenvalue weighted by molar-refractivity contribution is 6.03. The predicted octanol–water partition coefficient (Wildman–Crippen LogP) is 4.25. The summed E-state index contributed by atoms with van der Waals surface area (Å²) in [5.41, 5.74) is 2.33. The smallest absolute Gasteiger partial charge is 0.272 e. The number of aryl methyl sites for hydroxylation is 2. The van der Waals surface area contributed by atoms with E-state index in [1.54, 1.807) is 18.2 Å². The number of carbonyl (C=O) groups excluding carboxylic acids is 2. The molecule has 5 nitrogen and oxygen atoms in total. The fourth-order valence-corrected chi connectivity index (χ4v) is 3.61. The summed E-state index contributed by atoms with van der Waals surface area (Å²) >= 11 is 0. The third-order valence-corrected chi connectivity index (χ3v) is 5.12. The summed E-state index contributed by atoms with van der Waals surface area (Å²) in [4.78, 5) is 26.0. The predicted molar refractivity (Wildman–Crippen MR) is 111 cm³/mol. The highest BCUT2D eigenvalue weighted by Crippen LogP contribution is 2.27. The van der Waals surface area contributed by atoms with Gasteiger partial charge in [0, 0.05) is 31.4 Å². The van der Waals surface area contributed by atoms with Crippen molar-refractivity contribution in [3.05, 3.63) is 83.9 Å². The Morgan fingerprint density at radius 1 is 1.07 bits per heavy atom. The van der Waals surface area contributed by atoms with Crippen LogP contribution in [0.3, 0.4) is 0 Å². The SMILES string of the molecule is O=C(Nc1ccc(N2CCCC2=O)c(F)c1)c1cccn1CCc1ccccc1. The maximum Gasteiger partial charge on any atom is 0.272 e. The molecule has 0 saturated carbocycles. The maximum atomic E-state index is 14.5. The van der Waals surface area contributed by atoms with Gasteiger partial charge >= 0.3 is 0 Å². The number of amides is 2. The van der Waals surface area contributed by atoms with Gasteiger partial charge < -0.3 is 14.8 Å². The van der Waals surface area contributed by atoms with Crippen LogP contribution in [0.5, 0.6) is 0 Å². The van der Waals surface area contributed by atoms with Gasteiger partial charge in [-0.1, -0.05) is 30.3 Å². The Morgan fingerprint density at radius 2 is 1.90 bits per heavy atom. The van der Waals surface area contributed by atoms with E-state index in [4.69, 9.17) is 0 Å². The number of rotatable bonds is 6. The minimum Gasteiger partial charge on any atom is -0.343 e. The Hall–Kier alpha value is -3.41. The first kappa shape index (κ1) is 18.9. The highest BCUT2D eigenvalue weighted by Gasteiger charge is 2.24. The average Bonchev–Trinajstić information content (AvgIpc) is 3.36. The van der Waals surface area contributed by atoms with E-state index in [9.17, 15) is 14.0 Å². The van der Waals surface area contributed by atoms with Gasteiger partial charge in [-0.25, -0.2) is 4.39 Å². The lowest BCUT2D eigenvalue weighted by molar-refractivity contribution is -0.117. The molecule has 1 aliphatic rings. The summed E-state index contributed by atoms with van der Waals surface area (Å²) < 4.78 is 16.4. The summed E-state index contributed by atoms with van der Waals surface area (Å²) in [6.45, 7) is 1.19. The largest absolute Gasteiger partial charge is 0.343 e. The first-order valence-corrected chi connectivity index (χ1v) is 9.72. The van der Waals surface area contributed by atoms with E-state index in [-0.39, 0.29) is 17.5 Å². The second-order valence-corrected chi connectivity index (χ2v) is 7.09. The van der Waals surface area contributed by atoms with Crippen molar-refractivity contribution in [3.63, 3.8) is 0 Å². The molecular weight excluding hydrogens is 369 g/mol. The quantitative estimate of drug-likeness (QED) is 0.683. The number of hydrogen-bond donors (Lipinski definition) is 1. The monoisotopic (exact) mass is 391 g/mol. The Labute approximate surface area is 168 Å². The van der Waals surface area contributed by atoms with Gasteiger partial charge in [-0.15, -0.1) is 0 Å². The molecule has 2 heterocycles. The molecule has 1 aliphatic heterocycles. The summed E-state index contributed by atoms with van der Waals surface area (Å²) in [6.07, 6.45) is 3.85. The van der Waals surface area contributed by atoms with E-state index in [1.807, 2.05) is 35.0 Å². The van der Waals surface area contributed by atoms with Crippen LogP contribution in [0.4, 0.5) is 15.8 Å². The van der Waals surface area contributed by atoms with Crippen molar-refractivity contribution in [2.24, 2.45) is 0 Å². The second kappa shape index (κ2) is 8.31. The van der Waals surface area contributed by atoms with Crippen LogP contribution in [0.2, 0.25) is 0 Å². The number of hydrogen-bond acceptors (Lipinski definition) is 2. The van der Waals surface area contributed by atoms with Gasteiger partial charge in [-0.2, -0.15) is 0 Å². The zero-order valence-corrected chi connectivity index (χ0v) is 16.0. The lowest BCUT2D eigenvalue weighted by Crippen LogP contribution is -2.25. The van der Waals surface area contributed by atoms with Crippen LogP contribution in [-0.2, 0) is 17.8 Å². The van der Waals surface area contributed by atoms with E-state index in [0.29, 0.717) is 30.9 Å². The molecule has 2 amide bonds. The summed E-state index contributed by atoms with van der Waals surface area (Å²) in [7, 11) is 0. The van der Waals surface area contributed by atoms with Crippen LogP contribution in [-0.4, -0.2) is 22.9 Å². The molecule has 1 saturated heterocycles. The molecule has 6 heteroatoms. The van der Waals surface area contributed by atoms with Gasteiger partial charge in [0.15, 0.2) is 0 Å². The van der Waals surface area contributed by atoms with Crippen LogP contribution in [0.1, 0.15) is 28.9 Å². The minimum atomic E-state index is -0.516. The van der Waals surface area contributed by atoms with E-state index >= 15 is 0 Å². The lowest BCUT2D eigenvalue weighted by Gasteiger charge is -2.17. The average molecular weight is 391 g/mol. The molecule has 0 aliphatic carbocycles. The van der Waals surface area contributed by atoms with E-state index in [0.717, 1.165) is 12.8 Å². The first-order chi connectivity index (χ1) is 14.1. The number of nitrogens with zero attached hydrogens (tertiary/aromatic N) is 2. The van der Waals surface area contributed by atoms with Crippen LogP contribution in [0.25, 0.3) is 0 Å². The minimum absolute atomic E-state index is 0.0723. The van der Waals surface area contributed by atoms with Gasteiger partial charge in [0.1, 0.15) is 11.5 Å². The molecule has 2 aromatic carbocycles. The summed E-state index contributed by atoms with van der Waals surface area (Å²) in [5, 5.41) is 2.75. The molecule has 1 aromatic heterocycles. The van der Waals surface area contributed by atoms with E-state index in [2.05, 4.69) is 17.4 Å². The third-order valence-electron chi connectivity index (χ3n) is 5.12. The van der Waals surface area contributed by atoms with Crippen LogP contribution in [0.15, 0.2) is 66.9 Å². The zero-order chi connectivity index (χ0) is 20.2. The molecule has 148 valence electrons. The molecule has 29 heavy (non-hydrogen) atoms. The fraction of sp³-hybridized carbons (Fsp3) is 0.217. The third kappa shape index (κ3) is 4.21. The Morgan fingerprint density at radius 3 is 2.62 bits per heavy atom. The molecule has 4 rings (SSSR count). The zero-order valence-electron chi connectivity index (χ0n) is 16.0. The molecular formula is C23H22FN3O2. The van der Waals surface area contributed by atoms with Gasteiger partial charge in [-0.05, 0) is 48.7 Å². The molecule has 1 N–H and O–H groups in total. The van der Waals surface area contributed by atoms with Crippen molar-refractivity contribution < 1.29 is 14.0 Å². The van der Waals surface area contributed by atoms with Crippen LogP contribution in [0, 0.1) is 5.82 Å². The molecule has 3 aromatic rings. The molecule has 0 unspecified atom stereocenters. The summed E-state index contributed by atoms with van der Waals surface area (Å²) in [5.74, 6) is -0.887. The van der Waals surface area contributed by atoms with Gasteiger partial charge in [-0.3, -0.25) is 9.59 Å². The molecule has 0 atom stereocenters. The van der Waals surface area contributed by atoms with Gasteiger partial charge in [0.2, 0.25) is 5.91 Å². The Kier molecular flexibility index (Phi) is 5.42. The number of nitrogens with one attached hydrogen (secondary N) is 1. The molecule has 0 spiro atoms. The maximum absolute atomic E-state index is 14.5. The van der Waals surface area contributed by atoms with Gasteiger partial charge in [0.05, 0.1) is 5.69 Å². The highest BCUT2D eigenvalue weighted by atomic mass is 19.1. The normalized spacial score (nSPS) is 13.7. The molecule has 1 fully saturated rings. The van der Waals surface area contributed by atoms with Crippen LogP contribution >= 0.6 is 0 Å². The van der Waals surface area contributed by atoms with Crippen molar-refractivity contribution in [1.29, 1.82) is 0 Å². The number of aromatic nitrogens is 1. The van der Waals surface area contributed by atoms with Crippen LogP contribution < -0.4 is 10.2 Å². The van der Waals surface area contributed by atoms with Crippen molar-refractivity contribution in [2.75, 3.05) is 16.8 Å². The van der Waals surface area contributed by atoms with Crippen molar-refractivity contribution >= 4 is 23.2 Å². The first-order valence-electron chi connectivity index (χ1n) is 9.72. The number of anilines is 2. The van der Waals surface area contributed by atoms with E-state index in [1.165, 1.54) is 16.5 Å². The van der Waals surface area contributed by atoms with Crippen molar-refractivity contribution in [2.45, 2.75) is 25.8 Å². The van der Waals surface area contributed by atoms with Gasteiger partial charge in [0.25, 0.3) is 5.91 Å². The number of carbonyl (C=O) groups is 2. The summed E-state index contributed by atoms with van der Waals surface area (Å²) in [6, 6.07) is 18.1. The van der Waals surface area contributed by atoms with Crippen molar-refractivity contribution in [3.8, 4) is 0 Å². The fourth-order valence-electron chi connectivity index (χ4n) is 3.61.